The molecule has 1 aromatic rings. The first-order valence-corrected chi connectivity index (χ1v) is 2.87. The monoisotopic (exact) mass is 148 g/mol. The van der Waals surface area contributed by atoms with Crippen molar-refractivity contribution in [3.05, 3.63) is 28.5 Å². The summed E-state index contributed by atoms with van der Waals surface area (Å²) in [6.07, 6.45) is 1.69. The molecule has 0 saturated heterocycles. The SMILES string of the molecule is Clc1cc[nH+]c(Cl)c1. The number of halogens is 2. The lowest BCUT2D eigenvalue weighted by molar-refractivity contribution is -0.375. The minimum absolute atomic E-state index is 0.553. The minimum atomic E-state index is 0.553. The molecule has 0 fully saturated rings. The predicted octanol–water partition coefficient (Wildman–Crippen LogP) is 1.81. The molecule has 0 atom stereocenters. The second-order valence-corrected chi connectivity index (χ2v) is 2.20. The van der Waals surface area contributed by atoms with Crippen molar-refractivity contribution < 1.29 is 4.98 Å². The van der Waals surface area contributed by atoms with Gasteiger partial charge in [-0.2, -0.15) is 0 Å². The van der Waals surface area contributed by atoms with Gasteiger partial charge in [0.1, 0.15) is 0 Å². The normalized spacial score (nSPS) is 9.25. The van der Waals surface area contributed by atoms with Crippen molar-refractivity contribution in [2.45, 2.75) is 0 Å². The van der Waals surface area contributed by atoms with Crippen LogP contribution in [-0.4, -0.2) is 0 Å². The number of hydrogen-bond donors (Lipinski definition) is 0. The maximum absolute atomic E-state index is 5.54. The first-order chi connectivity index (χ1) is 3.79. The van der Waals surface area contributed by atoms with Crippen LogP contribution in [0.4, 0.5) is 0 Å². The van der Waals surface area contributed by atoms with Gasteiger partial charge in [0, 0.05) is 12.1 Å². The third-order valence-corrected chi connectivity index (χ3v) is 1.18. The van der Waals surface area contributed by atoms with Gasteiger partial charge in [-0.3, -0.25) is 0 Å². The smallest absolute Gasteiger partial charge is 0.201 e. The summed E-state index contributed by atoms with van der Waals surface area (Å²) in [5.41, 5.74) is 0. The number of hydrogen-bond acceptors (Lipinski definition) is 0. The van der Waals surface area contributed by atoms with Crippen LogP contribution in [0.1, 0.15) is 0 Å². The molecule has 1 rings (SSSR count). The number of nitrogens with one attached hydrogen (secondary N) is 1. The third-order valence-electron chi connectivity index (χ3n) is 0.728. The molecule has 0 saturated carbocycles. The molecule has 0 aliphatic heterocycles. The maximum Gasteiger partial charge on any atom is 0.274 e. The summed E-state index contributed by atoms with van der Waals surface area (Å²) < 4.78 is 0. The molecule has 0 unspecified atom stereocenters. The second-order valence-electron chi connectivity index (χ2n) is 1.35. The molecule has 0 aromatic carbocycles. The molecule has 0 aliphatic rings. The maximum atomic E-state index is 5.54. The van der Waals surface area contributed by atoms with Crippen molar-refractivity contribution in [1.29, 1.82) is 0 Å². The van der Waals surface area contributed by atoms with Crippen molar-refractivity contribution in [1.82, 2.24) is 0 Å². The lowest BCUT2D eigenvalue weighted by Crippen LogP contribution is -1.99. The van der Waals surface area contributed by atoms with Crippen LogP contribution in [0, 0.1) is 0 Å². The van der Waals surface area contributed by atoms with Crippen LogP contribution in [0.5, 0.6) is 0 Å². The average Bonchev–Trinajstić information content (AvgIpc) is 1.64. The fraction of sp³-hybridized carbons (Fsp3) is 0. The quantitative estimate of drug-likeness (QED) is 0.499. The van der Waals surface area contributed by atoms with Crippen LogP contribution in [0.2, 0.25) is 10.2 Å². The Morgan fingerprint density at radius 3 is 2.50 bits per heavy atom. The van der Waals surface area contributed by atoms with Gasteiger partial charge < -0.3 is 0 Å². The van der Waals surface area contributed by atoms with Gasteiger partial charge in [0.15, 0.2) is 6.20 Å². The number of H-pyrrole nitrogens is 1. The molecule has 0 radical (unpaired) electrons. The van der Waals surface area contributed by atoms with E-state index < -0.39 is 0 Å². The van der Waals surface area contributed by atoms with E-state index in [1.54, 1.807) is 18.3 Å². The summed E-state index contributed by atoms with van der Waals surface area (Å²) >= 11 is 11.0. The molecule has 8 heavy (non-hydrogen) atoms. The Bertz CT molecular complexity index is 170. The topological polar surface area (TPSA) is 14.1 Å². The van der Waals surface area contributed by atoms with Gasteiger partial charge >= 0.3 is 0 Å². The molecular formula is C5H4Cl2N+. The molecule has 1 N–H and O–H groups in total. The highest BCUT2D eigenvalue weighted by molar-refractivity contribution is 6.33. The molecule has 3 heteroatoms. The van der Waals surface area contributed by atoms with E-state index in [2.05, 4.69) is 4.98 Å². The number of aromatic nitrogens is 1. The van der Waals surface area contributed by atoms with Crippen LogP contribution in [0.3, 0.4) is 0 Å². The van der Waals surface area contributed by atoms with E-state index in [-0.39, 0.29) is 0 Å². The van der Waals surface area contributed by atoms with E-state index in [9.17, 15) is 0 Å². The predicted molar refractivity (Wildman–Crippen MR) is 33.0 cm³/mol. The number of aromatic amines is 1. The van der Waals surface area contributed by atoms with Gasteiger partial charge in [0.25, 0.3) is 5.15 Å². The highest BCUT2D eigenvalue weighted by Crippen LogP contribution is 2.08. The molecule has 1 nitrogen and oxygen atoms in total. The van der Waals surface area contributed by atoms with Crippen LogP contribution in [0.15, 0.2) is 18.3 Å². The number of pyridine rings is 1. The molecular weight excluding hydrogens is 145 g/mol. The Morgan fingerprint density at radius 1 is 1.38 bits per heavy atom. The van der Waals surface area contributed by atoms with Crippen molar-refractivity contribution in [3.63, 3.8) is 0 Å². The Balaban J connectivity index is 3.08. The Morgan fingerprint density at radius 2 is 2.12 bits per heavy atom. The molecule has 0 aliphatic carbocycles. The van der Waals surface area contributed by atoms with Crippen LogP contribution in [0.25, 0.3) is 0 Å². The summed E-state index contributed by atoms with van der Waals surface area (Å²) in [4.78, 5) is 2.75. The second kappa shape index (κ2) is 2.33. The summed E-state index contributed by atoms with van der Waals surface area (Å²) in [6.45, 7) is 0. The zero-order valence-corrected chi connectivity index (χ0v) is 5.50. The van der Waals surface area contributed by atoms with E-state index in [0.29, 0.717) is 10.2 Å². The van der Waals surface area contributed by atoms with E-state index in [4.69, 9.17) is 23.2 Å². The Hall–Kier alpha value is -0.270. The molecule has 1 aromatic heterocycles. The summed E-state index contributed by atoms with van der Waals surface area (Å²) in [6, 6.07) is 3.37. The standard InChI is InChI=1S/C5H3Cl2N/c6-4-1-2-8-5(7)3-4/h1-3H/p+1. The van der Waals surface area contributed by atoms with Crippen LogP contribution in [-0.2, 0) is 0 Å². The summed E-state index contributed by atoms with van der Waals surface area (Å²) in [7, 11) is 0. The van der Waals surface area contributed by atoms with Gasteiger partial charge in [-0.15, -0.1) is 0 Å². The lowest BCUT2D eigenvalue weighted by atomic mass is 10.5. The fourth-order valence-corrected chi connectivity index (χ4v) is 0.820. The van der Waals surface area contributed by atoms with E-state index >= 15 is 0 Å². The van der Waals surface area contributed by atoms with E-state index in [0.717, 1.165) is 0 Å². The largest absolute Gasteiger partial charge is 0.274 e. The molecule has 0 spiro atoms. The van der Waals surface area contributed by atoms with Crippen LogP contribution < -0.4 is 4.98 Å². The first kappa shape index (κ1) is 5.86. The van der Waals surface area contributed by atoms with Crippen molar-refractivity contribution in [2.75, 3.05) is 0 Å². The Labute approximate surface area is 57.3 Å². The highest BCUT2D eigenvalue weighted by Gasteiger charge is 1.93. The fourth-order valence-electron chi connectivity index (χ4n) is 0.412. The van der Waals surface area contributed by atoms with Gasteiger partial charge in [0.05, 0.1) is 5.02 Å². The van der Waals surface area contributed by atoms with Gasteiger partial charge in [0.2, 0.25) is 0 Å². The highest BCUT2D eigenvalue weighted by atomic mass is 35.5. The van der Waals surface area contributed by atoms with Gasteiger partial charge in [-0.05, 0) is 11.6 Å². The molecule has 1 heterocycles. The molecule has 0 amide bonds. The van der Waals surface area contributed by atoms with Crippen LogP contribution >= 0.6 is 23.2 Å². The first-order valence-electron chi connectivity index (χ1n) is 2.12. The summed E-state index contributed by atoms with van der Waals surface area (Å²) in [5, 5.41) is 1.20. The van der Waals surface area contributed by atoms with Crippen molar-refractivity contribution >= 4 is 23.2 Å². The van der Waals surface area contributed by atoms with Crippen molar-refractivity contribution in [3.8, 4) is 0 Å². The third kappa shape index (κ3) is 1.35. The lowest BCUT2D eigenvalue weighted by Gasteiger charge is -1.79. The summed E-state index contributed by atoms with van der Waals surface area (Å²) in [5.74, 6) is 0. The van der Waals surface area contributed by atoms with E-state index in [1.807, 2.05) is 0 Å². The average molecular weight is 149 g/mol. The van der Waals surface area contributed by atoms with Crippen molar-refractivity contribution in [2.24, 2.45) is 0 Å². The van der Waals surface area contributed by atoms with Gasteiger partial charge in [-0.25, -0.2) is 4.98 Å². The minimum Gasteiger partial charge on any atom is -0.201 e. The molecule has 42 valence electrons. The zero-order chi connectivity index (χ0) is 5.98. The Kier molecular flexibility index (Phi) is 1.71. The number of rotatable bonds is 0. The van der Waals surface area contributed by atoms with E-state index in [1.165, 1.54) is 0 Å². The van der Waals surface area contributed by atoms with Gasteiger partial charge in [-0.1, -0.05) is 11.6 Å². The zero-order valence-electron chi connectivity index (χ0n) is 3.99. The molecule has 0 bridgehead atoms.